The molecule has 1 aromatic rings. The Balaban J connectivity index is 1.85. The van der Waals surface area contributed by atoms with Crippen LogP contribution in [0, 0.1) is 10.1 Å². The molecule has 2 aliphatic rings. The molecule has 3 heterocycles. The zero-order valence-corrected chi connectivity index (χ0v) is 11.2. The minimum Gasteiger partial charge on any atom is -0.358 e. The number of hydrogen-bond acceptors (Lipinski definition) is 5. The second-order valence-corrected chi connectivity index (χ2v) is 5.63. The summed E-state index contributed by atoms with van der Waals surface area (Å²) in [6.45, 7) is 0. The summed E-state index contributed by atoms with van der Waals surface area (Å²) in [5, 5.41) is 14.6. The molecular formula is C12H19N5O2. The fourth-order valence-electron chi connectivity index (χ4n) is 3.46. The van der Waals surface area contributed by atoms with Crippen molar-refractivity contribution in [3.05, 3.63) is 16.4 Å². The van der Waals surface area contributed by atoms with Crippen molar-refractivity contribution in [2.75, 3.05) is 11.9 Å². The summed E-state index contributed by atoms with van der Waals surface area (Å²) in [4.78, 5) is 16.6. The summed E-state index contributed by atoms with van der Waals surface area (Å²) >= 11 is 0. The Morgan fingerprint density at radius 3 is 2.68 bits per heavy atom. The molecule has 104 valence electrons. The molecular weight excluding hydrogens is 246 g/mol. The Bertz CT molecular complexity index is 488. The van der Waals surface area contributed by atoms with Gasteiger partial charge in [-0.3, -0.25) is 4.57 Å². The average molecular weight is 265 g/mol. The SMILES string of the molecule is CN(c1c([N+](=O)[O-])ncn1C)C1CC2CCC(C1)N2. The number of piperidine rings is 1. The van der Waals surface area contributed by atoms with E-state index >= 15 is 0 Å². The number of nitro groups is 1. The van der Waals surface area contributed by atoms with Crippen LogP contribution in [0.3, 0.4) is 0 Å². The van der Waals surface area contributed by atoms with Gasteiger partial charge in [-0.15, -0.1) is 0 Å². The van der Waals surface area contributed by atoms with Crippen LogP contribution in [0.5, 0.6) is 0 Å². The lowest BCUT2D eigenvalue weighted by molar-refractivity contribution is -0.388. The Morgan fingerprint density at radius 1 is 1.47 bits per heavy atom. The number of aromatic nitrogens is 2. The summed E-state index contributed by atoms with van der Waals surface area (Å²) in [5.41, 5.74) is 0. The Kier molecular flexibility index (Phi) is 2.93. The van der Waals surface area contributed by atoms with Crippen LogP contribution < -0.4 is 10.2 Å². The number of nitrogens with zero attached hydrogens (tertiary/aromatic N) is 4. The molecule has 0 radical (unpaired) electrons. The minimum atomic E-state index is -0.401. The third-order valence-electron chi connectivity index (χ3n) is 4.39. The quantitative estimate of drug-likeness (QED) is 0.653. The van der Waals surface area contributed by atoms with Crippen LogP contribution in [0.15, 0.2) is 6.33 Å². The van der Waals surface area contributed by atoms with E-state index in [0.717, 1.165) is 12.8 Å². The molecule has 3 rings (SSSR count). The van der Waals surface area contributed by atoms with Crippen LogP contribution in [-0.2, 0) is 7.05 Å². The number of rotatable bonds is 3. The van der Waals surface area contributed by atoms with Crippen molar-refractivity contribution in [3.8, 4) is 0 Å². The number of anilines is 1. The van der Waals surface area contributed by atoms with Crippen molar-refractivity contribution in [2.24, 2.45) is 7.05 Å². The molecule has 0 aliphatic carbocycles. The first-order valence-corrected chi connectivity index (χ1v) is 6.71. The van der Waals surface area contributed by atoms with Gasteiger partial charge in [0.05, 0.1) is 0 Å². The van der Waals surface area contributed by atoms with E-state index < -0.39 is 4.92 Å². The summed E-state index contributed by atoms with van der Waals surface area (Å²) in [5.74, 6) is 0.562. The molecule has 0 saturated carbocycles. The number of hydrogen-bond donors (Lipinski definition) is 1. The molecule has 0 amide bonds. The molecule has 2 bridgehead atoms. The van der Waals surface area contributed by atoms with Crippen LogP contribution in [0.1, 0.15) is 25.7 Å². The van der Waals surface area contributed by atoms with Crippen molar-refractivity contribution in [2.45, 2.75) is 43.8 Å². The molecule has 1 N–H and O–H groups in total. The number of aryl methyl sites for hydroxylation is 1. The lowest BCUT2D eigenvalue weighted by atomic mass is 9.98. The Hall–Kier alpha value is -1.63. The predicted molar refractivity (Wildman–Crippen MR) is 71.2 cm³/mol. The number of imidazole rings is 1. The van der Waals surface area contributed by atoms with Crippen molar-refractivity contribution in [1.29, 1.82) is 0 Å². The zero-order valence-electron chi connectivity index (χ0n) is 11.2. The van der Waals surface area contributed by atoms with Gasteiger partial charge in [0, 0.05) is 32.2 Å². The van der Waals surface area contributed by atoms with Gasteiger partial charge in [0.15, 0.2) is 0 Å². The molecule has 7 heteroatoms. The smallest absolute Gasteiger partial charge is 0.358 e. The first-order chi connectivity index (χ1) is 9.06. The van der Waals surface area contributed by atoms with Gasteiger partial charge < -0.3 is 20.3 Å². The third kappa shape index (κ3) is 2.07. The van der Waals surface area contributed by atoms with E-state index in [9.17, 15) is 10.1 Å². The Labute approximate surface area is 111 Å². The van der Waals surface area contributed by atoms with E-state index in [1.54, 1.807) is 4.57 Å². The fourth-order valence-corrected chi connectivity index (χ4v) is 3.46. The van der Waals surface area contributed by atoms with Gasteiger partial charge in [-0.05, 0) is 35.6 Å². The van der Waals surface area contributed by atoms with Crippen LogP contribution >= 0.6 is 0 Å². The van der Waals surface area contributed by atoms with Crippen LogP contribution in [0.2, 0.25) is 0 Å². The van der Waals surface area contributed by atoms with Crippen molar-refractivity contribution >= 4 is 11.6 Å². The molecule has 2 atom stereocenters. The van der Waals surface area contributed by atoms with Gasteiger partial charge in [-0.2, -0.15) is 0 Å². The van der Waals surface area contributed by atoms with E-state index in [1.165, 1.54) is 19.2 Å². The highest BCUT2D eigenvalue weighted by molar-refractivity contribution is 5.54. The lowest BCUT2D eigenvalue weighted by Crippen LogP contribution is -2.47. The molecule has 2 unspecified atom stereocenters. The van der Waals surface area contributed by atoms with Gasteiger partial charge in [-0.1, -0.05) is 0 Å². The highest BCUT2D eigenvalue weighted by atomic mass is 16.6. The van der Waals surface area contributed by atoms with Gasteiger partial charge in [0.25, 0.3) is 0 Å². The largest absolute Gasteiger partial charge is 0.406 e. The first kappa shape index (κ1) is 12.4. The molecule has 0 aromatic carbocycles. The van der Waals surface area contributed by atoms with Crippen LogP contribution in [-0.4, -0.2) is 39.6 Å². The second kappa shape index (κ2) is 4.48. The predicted octanol–water partition coefficient (Wildman–Crippen LogP) is 1.05. The number of fused-ring (bicyclic) bond motifs is 2. The molecule has 2 saturated heterocycles. The third-order valence-corrected chi connectivity index (χ3v) is 4.39. The summed E-state index contributed by atoms with van der Waals surface area (Å²) in [6.07, 6.45) is 6.06. The number of nitrogens with one attached hydrogen (secondary N) is 1. The topological polar surface area (TPSA) is 76.2 Å². The van der Waals surface area contributed by atoms with E-state index in [-0.39, 0.29) is 5.82 Å². The van der Waals surface area contributed by atoms with E-state index in [2.05, 4.69) is 10.3 Å². The van der Waals surface area contributed by atoms with E-state index in [1.807, 2.05) is 19.0 Å². The summed E-state index contributed by atoms with van der Waals surface area (Å²) < 4.78 is 1.74. The monoisotopic (exact) mass is 265 g/mol. The first-order valence-electron chi connectivity index (χ1n) is 6.71. The fraction of sp³-hybridized carbons (Fsp3) is 0.750. The van der Waals surface area contributed by atoms with Gasteiger partial charge in [0.2, 0.25) is 12.1 Å². The van der Waals surface area contributed by atoms with Crippen LogP contribution in [0.4, 0.5) is 11.6 Å². The molecule has 7 nitrogen and oxygen atoms in total. The van der Waals surface area contributed by atoms with Crippen molar-refractivity contribution in [3.63, 3.8) is 0 Å². The standard InChI is InChI=1S/C12H19N5O2/c1-15-7-13-11(17(18)19)12(15)16(2)10-5-8-3-4-9(6-10)14-8/h7-10,14H,3-6H2,1-2H3. The minimum absolute atomic E-state index is 0.0455. The highest BCUT2D eigenvalue weighted by Crippen LogP contribution is 2.34. The molecule has 19 heavy (non-hydrogen) atoms. The Morgan fingerprint density at radius 2 is 2.11 bits per heavy atom. The van der Waals surface area contributed by atoms with Crippen molar-refractivity contribution in [1.82, 2.24) is 14.9 Å². The second-order valence-electron chi connectivity index (χ2n) is 5.63. The normalized spacial score (nSPS) is 29.5. The zero-order chi connectivity index (χ0) is 13.6. The maximum Gasteiger partial charge on any atom is 0.406 e. The van der Waals surface area contributed by atoms with E-state index in [0.29, 0.717) is 23.9 Å². The molecule has 2 aliphatic heterocycles. The highest BCUT2D eigenvalue weighted by Gasteiger charge is 2.37. The lowest BCUT2D eigenvalue weighted by Gasteiger charge is -2.36. The average Bonchev–Trinajstić information content (AvgIpc) is 2.91. The molecule has 1 aromatic heterocycles. The van der Waals surface area contributed by atoms with Crippen LogP contribution in [0.25, 0.3) is 0 Å². The van der Waals surface area contributed by atoms with Gasteiger partial charge >= 0.3 is 5.82 Å². The van der Waals surface area contributed by atoms with E-state index in [4.69, 9.17) is 0 Å². The molecule has 0 spiro atoms. The summed E-state index contributed by atoms with van der Waals surface area (Å²) in [6, 6.07) is 1.49. The maximum absolute atomic E-state index is 11.1. The van der Waals surface area contributed by atoms with Gasteiger partial charge in [0.1, 0.15) is 0 Å². The van der Waals surface area contributed by atoms with Crippen molar-refractivity contribution < 1.29 is 4.92 Å². The summed E-state index contributed by atoms with van der Waals surface area (Å²) in [7, 11) is 3.75. The molecule has 2 fully saturated rings. The maximum atomic E-state index is 11.1. The van der Waals surface area contributed by atoms with Gasteiger partial charge in [-0.25, -0.2) is 0 Å².